The Kier molecular flexibility index (Phi) is 4.60. The lowest BCUT2D eigenvalue weighted by Crippen LogP contribution is -2.52. The van der Waals surface area contributed by atoms with Crippen molar-refractivity contribution in [3.05, 3.63) is 36.8 Å². The monoisotopic (exact) mass is 281 g/mol. The second-order valence-electron chi connectivity index (χ2n) is 5.31. The number of carboxylic acids is 1. The Balaban J connectivity index is 3.08. The Bertz CT molecular complexity index is 486. The number of alkyl carbamates (subject to hydrolysis) is 1. The van der Waals surface area contributed by atoms with Gasteiger partial charge < -0.3 is 14.3 Å². The summed E-state index contributed by atoms with van der Waals surface area (Å²) in [6.45, 7) is 8.59. The van der Waals surface area contributed by atoms with E-state index in [-0.39, 0.29) is 12.2 Å². The van der Waals surface area contributed by atoms with Gasteiger partial charge in [-0.1, -0.05) is 6.08 Å². The largest absolute Gasteiger partial charge is 0.479 e. The first kappa shape index (κ1) is 15.8. The molecule has 0 spiro atoms. The Morgan fingerprint density at radius 1 is 1.50 bits per heavy atom. The molecule has 6 nitrogen and oxygen atoms in total. The van der Waals surface area contributed by atoms with E-state index in [0.29, 0.717) is 0 Å². The minimum Gasteiger partial charge on any atom is -0.479 e. The highest BCUT2D eigenvalue weighted by atomic mass is 16.6. The molecule has 0 aliphatic carbocycles. The van der Waals surface area contributed by atoms with Crippen LogP contribution >= 0.6 is 0 Å². The summed E-state index contributed by atoms with van der Waals surface area (Å²) in [5.74, 6) is -1.14. The van der Waals surface area contributed by atoms with Crippen LogP contribution in [0.3, 0.4) is 0 Å². The van der Waals surface area contributed by atoms with Crippen LogP contribution in [0.15, 0.2) is 35.5 Å². The minimum absolute atomic E-state index is 0.0326. The number of aliphatic carboxylic acids is 1. The molecule has 1 atom stereocenters. The number of carboxylic acid groups (broad SMARTS) is 1. The van der Waals surface area contributed by atoms with E-state index in [2.05, 4.69) is 11.9 Å². The molecule has 1 aromatic heterocycles. The zero-order chi connectivity index (χ0) is 15.4. The molecule has 0 saturated carbocycles. The summed E-state index contributed by atoms with van der Waals surface area (Å²) in [5, 5.41) is 11.9. The van der Waals surface area contributed by atoms with Crippen molar-refractivity contribution in [2.24, 2.45) is 0 Å². The average molecular weight is 281 g/mol. The lowest BCUT2D eigenvalue weighted by Gasteiger charge is -2.29. The molecule has 110 valence electrons. The maximum atomic E-state index is 11.9. The molecule has 0 fully saturated rings. The summed E-state index contributed by atoms with van der Waals surface area (Å²) < 4.78 is 10.2. The van der Waals surface area contributed by atoms with Crippen molar-refractivity contribution >= 4 is 12.1 Å². The maximum absolute atomic E-state index is 11.9. The van der Waals surface area contributed by atoms with E-state index in [0.717, 1.165) is 0 Å². The molecule has 1 amide bonds. The van der Waals surface area contributed by atoms with E-state index in [1.165, 1.54) is 18.4 Å². The third kappa shape index (κ3) is 3.63. The summed E-state index contributed by atoms with van der Waals surface area (Å²) in [5.41, 5.74) is -2.46. The van der Waals surface area contributed by atoms with Crippen molar-refractivity contribution in [1.29, 1.82) is 0 Å². The Morgan fingerprint density at radius 3 is 2.55 bits per heavy atom. The molecular formula is C14H19NO5. The van der Waals surface area contributed by atoms with Gasteiger partial charge in [-0.3, -0.25) is 5.32 Å². The van der Waals surface area contributed by atoms with Gasteiger partial charge in [0.2, 0.25) is 5.54 Å². The molecule has 1 heterocycles. The lowest BCUT2D eigenvalue weighted by atomic mass is 9.92. The quantitative estimate of drug-likeness (QED) is 0.810. The normalized spacial score (nSPS) is 14.2. The summed E-state index contributed by atoms with van der Waals surface area (Å²) in [6, 6.07) is 3.03. The zero-order valence-corrected chi connectivity index (χ0v) is 11.8. The van der Waals surface area contributed by atoms with Crippen molar-refractivity contribution in [2.75, 3.05) is 0 Å². The van der Waals surface area contributed by atoms with Crippen LogP contribution in [0.25, 0.3) is 0 Å². The summed E-state index contributed by atoms with van der Waals surface area (Å²) in [4.78, 5) is 23.5. The molecule has 6 heteroatoms. The third-order valence-electron chi connectivity index (χ3n) is 2.47. The lowest BCUT2D eigenvalue weighted by molar-refractivity contribution is -0.146. The van der Waals surface area contributed by atoms with E-state index in [1.54, 1.807) is 26.8 Å². The van der Waals surface area contributed by atoms with Crippen LogP contribution in [-0.4, -0.2) is 22.8 Å². The van der Waals surface area contributed by atoms with Gasteiger partial charge in [0.25, 0.3) is 0 Å². The van der Waals surface area contributed by atoms with E-state index in [1.807, 2.05) is 0 Å². The third-order valence-corrected chi connectivity index (χ3v) is 2.47. The SMILES string of the molecule is C=CCC(NC(=O)OC(C)(C)C)(C(=O)O)c1ccco1. The predicted molar refractivity (Wildman–Crippen MR) is 72.2 cm³/mol. The van der Waals surface area contributed by atoms with Crippen molar-refractivity contribution in [3.63, 3.8) is 0 Å². The summed E-state index contributed by atoms with van der Waals surface area (Å²) in [6.07, 6.45) is 1.87. The van der Waals surface area contributed by atoms with Gasteiger partial charge in [0, 0.05) is 6.42 Å². The second-order valence-corrected chi connectivity index (χ2v) is 5.31. The molecule has 2 N–H and O–H groups in total. The van der Waals surface area contributed by atoms with E-state index >= 15 is 0 Å². The number of rotatable bonds is 5. The molecule has 0 radical (unpaired) electrons. The van der Waals surface area contributed by atoms with Gasteiger partial charge in [-0.25, -0.2) is 9.59 Å². The van der Waals surface area contributed by atoms with Gasteiger partial charge >= 0.3 is 12.1 Å². The Morgan fingerprint density at radius 2 is 2.15 bits per heavy atom. The minimum atomic E-state index is -1.73. The fourth-order valence-corrected chi connectivity index (χ4v) is 1.68. The number of furan rings is 1. The average Bonchev–Trinajstić information content (AvgIpc) is 2.78. The first-order valence-electron chi connectivity index (χ1n) is 6.11. The molecule has 0 aliphatic rings. The molecule has 20 heavy (non-hydrogen) atoms. The maximum Gasteiger partial charge on any atom is 0.408 e. The molecule has 0 bridgehead atoms. The topological polar surface area (TPSA) is 88.8 Å². The van der Waals surface area contributed by atoms with Crippen LogP contribution in [0.2, 0.25) is 0 Å². The summed E-state index contributed by atoms with van der Waals surface area (Å²) >= 11 is 0. The van der Waals surface area contributed by atoms with Crippen LogP contribution in [-0.2, 0) is 15.1 Å². The van der Waals surface area contributed by atoms with Crippen molar-refractivity contribution < 1.29 is 23.8 Å². The number of carbonyl (C=O) groups is 2. The standard InChI is InChI=1S/C14H19NO5/c1-5-8-14(11(16)17,10-7-6-9-19-10)15-12(18)20-13(2,3)4/h5-7,9H,1,8H2,2-4H3,(H,15,18)(H,16,17). The number of hydrogen-bond donors (Lipinski definition) is 2. The first-order chi connectivity index (χ1) is 9.21. The van der Waals surface area contributed by atoms with Gasteiger partial charge in [-0.15, -0.1) is 6.58 Å². The van der Waals surface area contributed by atoms with E-state index in [9.17, 15) is 14.7 Å². The van der Waals surface area contributed by atoms with Crippen LogP contribution < -0.4 is 5.32 Å². The molecule has 1 rings (SSSR count). The van der Waals surface area contributed by atoms with Gasteiger partial charge in [-0.2, -0.15) is 0 Å². The van der Waals surface area contributed by atoms with Gasteiger partial charge in [0.15, 0.2) is 0 Å². The highest BCUT2D eigenvalue weighted by Crippen LogP contribution is 2.27. The van der Waals surface area contributed by atoms with Crippen molar-refractivity contribution in [2.45, 2.75) is 38.3 Å². The zero-order valence-electron chi connectivity index (χ0n) is 11.8. The predicted octanol–water partition coefficient (Wildman–Crippen LogP) is 2.66. The van der Waals surface area contributed by atoms with Crippen molar-refractivity contribution in [1.82, 2.24) is 5.32 Å². The molecule has 0 aromatic carbocycles. The molecule has 0 saturated heterocycles. The molecule has 1 unspecified atom stereocenters. The number of carbonyl (C=O) groups excluding carboxylic acids is 1. The van der Waals surface area contributed by atoms with Crippen molar-refractivity contribution in [3.8, 4) is 0 Å². The molecule has 1 aromatic rings. The van der Waals surface area contributed by atoms with Crippen LogP contribution in [0.5, 0.6) is 0 Å². The van der Waals surface area contributed by atoms with Gasteiger partial charge in [0.1, 0.15) is 11.4 Å². The number of amides is 1. The fourth-order valence-electron chi connectivity index (χ4n) is 1.68. The number of hydrogen-bond acceptors (Lipinski definition) is 4. The molecular weight excluding hydrogens is 262 g/mol. The van der Waals surface area contributed by atoms with Gasteiger partial charge in [-0.05, 0) is 32.9 Å². The number of ether oxygens (including phenoxy) is 1. The summed E-state index contributed by atoms with van der Waals surface area (Å²) in [7, 11) is 0. The smallest absolute Gasteiger partial charge is 0.408 e. The van der Waals surface area contributed by atoms with Gasteiger partial charge in [0.05, 0.1) is 6.26 Å². The second kappa shape index (κ2) is 5.81. The van der Waals surface area contributed by atoms with E-state index < -0.39 is 23.2 Å². The molecule has 0 aliphatic heterocycles. The Labute approximate surface area is 117 Å². The van der Waals surface area contributed by atoms with Crippen LogP contribution in [0.4, 0.5) is 4.79 Å². The van der Waals surface area contributed by atoms with Crippen LogP contribution in [0.1, 0.15) is 33.0 Å². The van der Waals surface area contributed by atoms with Crippen LogP contribution in [0, 0.1) is 0 Å². The highest BCUT2D eigenvalue weighted by molar-refractivity contribution is 5.85. The number of nitrogens with one attached hydrogen (secondary N) is 1. The Hall–Kier alpha value is -2.24. The first-order valence-corrected chi connectivity index (χ1v) is 6.11. The van der Waals surface area contributed by atoms with E-state index in [4.69, 9.17) is 9.15 Å². The highest BCUT2D eigenvalue weighted by Gasteiger charge is 2.44. The fraction of sp³-hybridized carbons (Fsp3) is 0.429.